The highest BCUT2D eigenvalue weighted by Gasteiger charge is 2.00. The van der Waals surface area contributed by atoms with Gasteiger partial charge in [0.15, 0.2) is 0 Å². The Labute approximate surface area is 54.5 Å². The maximum Gasteiger partial charge on any atom is 0.0922 e. The Morgan fingerprint density at radius 1 is 1.89 bits per heavy atom. The molecule has 9 heavy (non-hydrogen) atoms. The number of hydrogen-bond acceptors (Lipinski definition) is 2. The summed E-state index contributed by atoms with van der Waals surface area (Å²) in [6, 6.07) is 0.257. The maximum atomic E-state index is 3.87. The molecule has 1 aromatic rings. The van der Waals surface area contributed by atoms with Gasteiger partial charge in [0.2, 0.25) is 0 Å². The summed E-state index contributed by atoms with van der Waals surface area (Å²) < 4.78 is 0. The minimum Gasteiger partial charge on any atom is -0.347 e. The van der Waals surface area contributed by atoms with Crippen LogP contribution in [-0.4, -0.2) is 9.97 Å². The smallest absolute Gasteiger partial charge is 0.0922 e. The van der Waals surface area contributed by atoms with Crippen molar-refractivity contribution in [3.05, 3.63) is 25.3 Å². The zero-order valence-corrected chi connectivity index (χ0v) is 5.39. The molecule has 0 saturated carbocycles. The lowest BCUT2D eigenvalue weighted by molar-refractivity contribution is 0.665. The zero-order chi connectivity index (χ0) is 6.69. The number of nitrogens with one attached hydrogen (secondary N) is 2. The van der Waals surface area contributed by atoms with E-state index in [4.69, 9.17) is 0 Å². The number of aromatic nitrogens is 2. The van der Waals surface area contributed by atoms with E-state index in [9.17, 15) is 0 Å². The van der Waals surface area contributed by atoms with E-state index < -0.39 is 0 Å². The van der Waals surface area contributed by atoms with E-state index in [1.54, 1.807) is 12.5 Å². The first-order chi connectivity index (χ1) is 4.34. The van der Waals surface area contributed by atoms with Crippen LogP contribution in [0.2, 0.25) is 0 Å². The molecule has 0 amide bonds. The molecule has 1 rings (SSSR count). The average molecular weight is 124 g/mol. The third kappa shape index (κ3) is 1.29. The van der Waals surface area contributed by atoms with E-state index in [2.05, 4.69) is 22.3 Å². The van der Waals surface area contributed by atoms with Crippen molar-refractivity contribution in [3.63, 3.8) is 0 Å². The van der Waals surface area contributed by atoms with Gasteiger partial charge in [0, 0.05) is 19.3 Å². The molecule has 0 saturated heterocycles. The lowest BCUT2D eigenvalue weighted by atomic mass is 10.3. The largest absolute Gasteiger partial charge is 0.347 e. The van der Waals surface area contributed by atoms with Gasteiger partial charge < -0.3 is 10.3 Å². The van der Waals surface area contributed by atoms with Crippen LogP contribution >= 0.6 is 0 Å². The van der Waals surface area contributed by atoms with E-state index in [1.165, 1.54) is 0 Å². The Morgan fingerprint density at radius 3 is 3.11 bits per heavy atom. The van der Waals surface area contributed by atoms with Gasteiger partial charge in [-0.1, -0.05) is 0 Å². The highest BCUT2D eigenvalue weighted by molar-refractivity contribution is 4.99. The molecule has 3 heteroatoms. The summed E-state index contributed by atoms with van der Waals surface area (Å²) in [4.78, 5) is 6.84. The van der Waals surface area contributed by atoms with Gasteiger partial charge in [-0.2, -0.15) is 0 Å². The molecule has 0 fully saturated rings. The van der Waals surface area contributed by atoms with Crippen LogP contribution in [0.15, 0.2) is 12.5 Å². The summed E-state index contributed by atoms with van der Waals surface area (Å²) in [6.07, 6.45) is 3.44. The quantitative estimate of drug-likeness (QED) is 0.613. The Morgan fingerprint density at radius 2 is 2.67 bits per heavy atom. The Bertz CT molecular complexity index is 157. The van der Waals surface area contributed by atoms with Gasteiger partial charge in [-0.15, -0.1) is 0 Å². The van der Waals surface area contributed by atoms with Gasteiger partial charge in [-0.05, 0) is 6.92 Å². The van der Waals surface area contributed by atoms with Crippen LogP contribution in [0.3, 0.4) is 0 Å². The molecule has 0 aliphatic heterocycles. The monoisotopic (exact) mass is 124 g/mol. The standard InChI is InChI=1S/C6H10N3/c1-5(7-2)6-3-8-4-9-6/h3-5,7H,2H2,1H3,(H,8,9). The third-order valence-corrected chi connectivity index (χ3v) is 1.29. The summed E-state index contributed by atoms with van der Waals surface area (Å²) in [5.41, 5.74) is 1.06. The van der Waals surface area contributed by atoms with Gasteiger partial charge in [0.05, 0.1) is 12.0 Å². The van der Waals surface area contributed by atoms with Crippen LogP contribution in [-0.2, 0) is 0 Å². The minimum absolute atomic E-state index is 0.257. The number of nitrogens with zero attached hydrogens (tertiary/aromatic N) is 1. The molecule has 0 bridgehead atoms. The molecule has 0 aromatic carbocycles. The van der Waals surface area contributed by atoms with Gasteiger partial charge in [0.1, 0.15) is 0 Å². The highest BCUT2D eigenvalue weighted by Crippen LogP contribution is 2.04. The molecule has 1 atom stereocenters. The van der Waals surface area contributed by atoms with E-state index in [1.807, 2.05) is 6.92 Å². The average Bonchev–Trinajstić information content (AvgIpc) is 2.37. The predicted octanol–water partition coefficient (Wildman–Crippen LogP) is 0.852. The fraction of sp³-hybridized carbons (Fsp3) is 0.333. The Hall–Kier alpha value is -0.830. The van der Waals surface area contributed by atoms with Crippen molar-refractivity contribution in [2.75, 3.05) is 0 Å². The van der Waals surface area contributed by atoms with Crippen molar-refractivity contribution in [1.29, 1.82) is 0 Å². The van der Waals surface area contributed by atoms with Gasteiger partial charge in [-0.25, -0.2) is 4.98 Å². The van der Waals surface area contributed by atoms with Crippen molar-refractivity contribution >= 4 is 0 Å². The topological polar surface area (TPSA) is 40.7 Å². The van der Waals surface area contributed by atoms with Crippen LogP contribution in [0, 0.1) is 7.05 Å². The molecule has 49 valence electrons. The molecule has 3 nitrogen and oxygen atoms in total. The Balaban J connectivity index is 2.65. The molecule has 1 unspecified atom stereocenters. The summed E-state index contributed by atoms with van der Waals surface area (Å²) in [7, 11) is 3.54. The summed E-state index contributed by atoms with van der Waals surface area (Å²) in [6.45, 7) is 2.01. The number of H-pyrrole nitrogens is 1. The third-order valence-electron chi connectivity index (χ3n) is 1.29. The molecular weight excluding hydrogens is 114 g/mol. The van der Waals surface area contributed by atoms with Gasteiger partial charge in [0.25, 0.3) is 0 Å². The SMILES string of the molecule is [CH2]NC(C)c1cnc[nH]1. The summed E-state index contributed by atoms with van der Waals surface area (Å²) in [5.74, 6) is 0. The van der Waals surface area contributed by atoms with Crippen LogP contribution in [0.4, 0.5) is 0 Å². The number of aromatic amines is 1. The Kier molecular flexibility index (Phi) is 1.85. The fourth-order valence-corrected chi connectivity index (χ4v) is 0.613. The molecule has 2 N–H and O–H groups in total. The minimum atomic E-state index is 0.257. The first-order valence-electron chi connectivity index (χ1n) is 2.85. The van der Waals surface area contributed by atoms with Crippen molar-refractivity contribution in [2.24, 2.45) is 0 Å². The fourth-order valence-electron chi connectivity index (χ4n) is 0.613. The van der Waals surface area contributed by atoms with E-state index in [0.717, 1.165) is 5.69 Å². The lowest BCUT2D eigenvalue weighted by Gasteiger charge is -2.04. The van der Waals surface area contributed by atoms with Gasteiger partial charge in [-0.3, -0.25) is 0 Å². The number of imidazole rings is 1. The van der Waals surface area contributed by atoms with E-state index in [-0.39, 0.29) is 6.04 Å². The summed E-state index contributed by atoms with van der Waals surface area (Å²) in [5, 5.41) is 2.85. The molecule has 0 spiro atoms. The molecular formula is C6H10N3. The van der Waals surface area contributed by atoms with Crippen LogP contribution in [0.5, 0.6) is 0 Å². The van der Waals surface area contributed by atoms with Crippen molar-refractivity contribution in [3.8, 4) is 0 Å². The molecule has 1 heterocycles. The van der Waals surface area contributed by atoms with Crippen molar-refractivity contribution < 1.29 is 0 Å². The summed E-state index contributed by atoms with van der Waals surface area (Å²) >= 11 is 0. The van der Waals surface area contributed by atoms with E-state index in [0.29, 0.717) is 0 Å². The zero-order valence-electron chi connectivity index (χ0n) is 5.39. The first-order valence-corrected chi connectivity index (χ1v) is 2.85. The van der Waals surface area contributed by atoms with Crippen LogP contribution in [0.25, 0.3) is 0 Å². The van der Waals surface area contributed by atoms with Gasteiger partial charge >= 0.3 is 0 Å². The number of rotatable bonds is 2. The second-order valence-electron chi connectivity index (χ2n) is 1.93. The number of hydrogen-bond donors (Lipinski definition) is 2. The highest BCUT2D eigenvalue weighted by atomic mass is 14.9. The van der Waals surface area contributed by atoms with Crippen LogP contribution < -0.4 is 5.32 Å². The van der Waals surface area contributed by atoms with Crippen molar-refractivity contribution in [1.82, 2.24) is 15.3 Å². The van der Waals surface area contributed by atoms with Crippen LogP contribution in [0.1, 0.15) is 18.7 Å². The lowest BCUT2D eigenvalue weighted by Crippen LogP contribution is -2.09. The predicted molar refractivity (Wildman–Crippen MR) is 35.5 cm³/mol. The second-order valence-corrected chi connectivity index (χ2v) is 1.93. The van der Waals surface area contributed by atoms with Crippen molar-refractivity contribution in [2.45, 2.75) is 13.0 Å². The maximum absolute atomic E-state index is 3.87. The molecule has 1 radical (unpaired) electrons. The normalized spacial score (nSPS) is 13.6. The molecule has 0 aliphatic rings. The first kappa shape index (κ1) is 6.29. The van der Waals surface area contributed by atoms with E-state index >= 15 is 0 Å². The second kappa shape index (κ2) is 2.64. The molecule has 0 aliphatic carbocycles. The molecule has 1 aromatic heterocycles.